The Morgan fingerprint density at radius 2 is 1.29 bits per heavy atom. The maximum Gasteiger partial charge on any atom is 0.127 e. The lowest BCUT2D eigenvalue weighted by Gasteiger charge is -2.13. The van der Waals surface area contributed by atoms with E-state index >= 15 is 0 Å². The molecule has 3 rings (SSSR count). The minimum absolute atomic E-state index is 0.154. The molecule has 0 bridgehead atoms. The van der Waals surface area contributed by atoms with E-state index in [-0.39, 0.29) is 6.04 Å². The van der Waals surface area contributed by atoms with Crippen LogP contribution in [0.3, 0.4) is 0 Å². The topological polar surface area (TPSA) is 48.1 Å². The number of para-hydroxylation sites is 1. The largest absolute Gasteiger partial charge is 0.457 e. The van der Waals surface area contributed by atoms with Crippen molar-refractivity contribution in [2.45, 2.75) is 6.04 Å². The summed E-state index contributed by atoms with van der Waals surface area (Å²) in [5.41, 5.74) is 8.34. The van der Waals surface area contributed by atoms with Crippen molar-refractivity contribution in [1.29, 1.82) is 0 Å². The smallest absolute Gasteiger partial charge is 0.127 e. The molecule has 3 heteroatoms. The van der Waals surface area contributed by atoms with Crippen LogP contribution < -0.4 is 10.5 Å². The van der Waals surface area contributed by atoms with Crippen LogP contribution in [0.1, 0.15) is 17.2 Å². The minimum Gasteiger partial charge on any atom is -0.457 e. The lowest BCUT2D eigenvalue weighted by Crippen LogP contribution is -2.11. The summed E-state index contributed by atoms with van der Waals surface area (Å²) in [6, 6.07) is 21.3. The molecule has 0 aliphatic heterocycles. The highest BCUT2D eigenvalue weighted by Gasteiger charge is 2.08. The summed E-state index contributed by atoms with van der Waals surface area (Å²) in [5.74, 6) is 1.62. The molecule has 104 valence electrons. The molecule has 2 N–H and O–H groups in total. The first kappa shape index (κ1) is 13.3. The van der Waals surface area contributed by atoms with E-state index in [0.717, 1.165) is 22.6 Å². The van der Waals surface area contributed by atoms with Gasteiger partial charge >= 0.3 is 0 Å². The Hall–Kier alpha value is -2.65. The SMILES string of the molecule is NC(c1ccncc1)c1ccc(Oc2ccccc2)cc1. The van der Waals surface area contributed by atoms with Gasteiger partial charge in [0, 0.05) is 12.4 Å². The second kappa shape index (κ2) is 6.20. The van der Waals surface area contributed by atoms with Crippen molar-refractivity contribution in [2.75, 3.05) is 0 Å². The third kappa shape index (κ3) is 3.27. The molecular weight excluding hydrogens is 260 g/mol. The second-order valence-corrected chi connectivity index (χ2v) is 4.74. The molecule has 1 heterocycles. The third-order valence-electron chi connectivity index (χ3n) is 3.28. The van der Waals surface area contributed by atoms with Gasteiger partial charge in [-0.3, -0.25) is 4.98 Å². The number of nitrogens with two attached hydrogens (primary N) is 1. The van der Waals surface area contributed by atoms with Gasteiger partial charge in [0.25, 0.3) is 0 Å². The van der Waals surface area contributed by atoms with Crippen LogP contribution in [-0.2, 0) is 0 Å². The average Bonchev–Trinajstić information content (AvgIpc) is 2.57. The molecule has 0 radical (unpaired) electrons. The Balaban J connectivity index is 1.75. The van der Waals surface area contributed by atoms with Crippen LogP contribution in [0, 0.1) is 0 Å². The molecule has 1 unspecified atom stereocenters. The molecule has 0 aliphatic carbocycles. The predicted molar refractivity (Wildman–Crippen MR) is 83.2 cm³/mol. The number of benzene rings is 2. The molecule has 0 amide bonds. The van der Waals surface area contributed by atoms with Gasteiger partial charge in [-0.1, -0.05) is 30.3 Å². The Labute approximate surface area is 124 Å². The first-order valence-corrected chi connectivity index (χ1v) is 6.81. The number of nitrogens with zero attached hydrogens (tertiary/aromatic N) is 1. The Morgan fingerprint density at radius 3 is 1.95 bits per heavy atom. The van der Waals surface area contributed by atoms with Crippen LogP contribution in [0.15, 0.2) is 79.1 Å². The summed E-state index contributed by atoms with van der Waals surface area (Å²) in [7, 11) is 0. The molecule has 3 aromatic rings. The van der Waals surface area contributed by atoms with Gasteiger partial charge in [-0.2, -0.15) is 0 Å². The van der Waals surface area contributed by atoms with Gasteiger partial charge in [-0.15, -0.1) is 0 Å². The summed E-state index contributed by atoms with van der Waals surface area (Å²) < 4.78 is 5.77. The summed E-state index contributed by atoms with van der Waals surface area (Å²) in [4.78, 5) is 4.01. The molecular formula is C18H16N2O. The zero-order valence-corrected chi connectivity index (χ0v) is 11.5. The quantitative estimate of drug-likeness (QED) is 0.785. The standard InChI is InChI=1S/C18H16N2O/c19-18(15-10-12-20-13-11-15)14-6-8-17(9-7-14)21-16-4-2-1-3-5-16/h1-13,18H,19H2. The van der Waals surface area contributed by atoms with Crippen molar-refractivity contribution >= 4 is 0 Å². The van der Waals surface area contributed by atoms with Crippen molar-refractivity contribution < 1.29 is 4.74 Å². The summed E-state index contributed by atoms with van der Waals surface area (Å²) in [6.07, 6.45) is 3.50. The molecule has 0 saturated heterocycles. The fraction of sp³-hybridized carbons (Fsp3) is 0.0556. The molecule has 0 fully saturated rings. The number of aromatic nitrogens is 1. The molecule has 21 heavy (non-hydrogen) atoms. The number of hydrogen-bond donors (Lipinski definition) is 1. The van der Waals surface area contributed by atoms with Gasteiger partial charge in [-0.05, 0) is 47.5 Å². The van der Waals surface area contributed by atoms with Gasteiger partial charge < -0.3 is 10.5 Å². The van der Waals surface area contributed by atoms with Crippen LogP contribution >= 0.6 is 0 Å². The van der Waals surface area contributed by atoms with Crippen LogP contribution in [0.2, 0.25) is 0 Å². The number of hydrogen-bond acceptors (Lipinski definition) is 3. The zero-order valence-electron chi connectivity index (χ0n) is 11.5. The maximum atomic E-state index is 6.25. The highest BCUT2D eigenvalue weighted by atomic mass is 16.5. The lowest BCUT2D eigenvalue weighted by molar-refractivity contribution is 0.482. The molecule has 3 nitrogen and oxygen atoms in total. The van der Waals surface area contributed by atoms with E-state index in [1.807, 2.05) is 66.7 Å². The molecule has 0 aliphatic rings. The zero-order chi connectivity index (χ0) is 14.5. The van der Waals surface area contributed by atoms with E-state index in [0.29, 0.717) is 0 Å². The van der Waals surface area contributed by atoms with E-state index in [2.05, 4.69) is 4.98 Å². The number of pyridine rings is 1. The fourth-order valence-corrected chi connectivity index (χ4v) is 2.13. The molecule has 0 saturated carbocycles. The number of ether oxygens (including phenoxy) is 1. The van der Waals surface area contributed by atoms with Gasteiger partial charge in [0.15, 0.2) is 0 Å². The van der Waals surface area contributed by atoms with Crippen molar-refractivity contribution in [3.63, 3.8) is 0 Å². The summed E-state index contributed by atoms with van der Waals surface area (Å²) in [5, 5.41) is 0. The van der Waals surface area contributed by atoms with E-state index in [1.54, 1.807) is 12.4 Å². The van der Waals surface area contributed by atoms with Crippen molar-refractivity contribution in [3.8, 4) is 11.5 Å². The Morgan fingerprint density at radius 1 is 0.714 bits per heavy atom. The average molecular weight is 276 g/mol. The highest BCUT2D eigenvalue weighted by Crippen LogP contribution is 2.24. The van der Waals surface area contributed by atoms with Crippen molar-refractivity contribution in [1.82, 2.24) is 4.98 Å². The predicted octanol–water partition coefficient (Wildman–Crippen LogP) is 3.92. The Bertz CT molecular complexity index is 681. The molecule has 0 spiro atoms. The highest BCUT2D eigenvalue weighted by molar-refractivity contribution is 5.36. The van der Waals surface area contributed by atoms with Gasteiger partial charge in [-0.25, -0.2) is 0 Å². The van der Waals surface area contributed by atoms with Gasteiger partial charge in [0.2, 0.25) is 0 Å². The molecule has 1 atom stereocenters. The molecule has 1 aromatic heterocycles. The van der Waals surface area contributed by atoms with E-state index < -0.39 is 0 Å². The van der Waals surface area contributed by atoms with E-state index in [9.17, 15) is 0 Å². The second-order valence-electron chi connectivity index (χ2n) is 4.74. The van der Waals surface area contributed by atoms with Crippen molar-refractivity contribution in [2.24, 2.45) is 5.73 Å². The first-order chi connectivity index (χ1) is 10.3. The lowest BCUT2D eigenvalue weighted by atomic mass is 10.0. The first-order valence-electron chi connectivity index (χ1n) is 6.81. The summed E-state index contributed by atoms with van der Waals surface area (Å²) >= 11 is 0. The van der Waals surface area contributed by atoms with Crippen LogP contribution in [0.4, 0.5) is 0 Å². The van der Waals surface area contributed by atoms with Gasteiger partial charge in [0.1, 0.15) is 11.5 Å². The van der Waals surface area contributed by atoms with Crippen LogP contribution in [-0.4, -0.2) is 4.98 Å². The van der Waals surface area contributed by atoms with Crippen LogP contribution in [0.5, 0.6) is 11.5 Å². The maximum absolute atomic E-state index is 6.25. The molecule has 2 aromatic carbocycles. The minimum atomic E-state index is -0.154. The monoisotopic (exact) mass is 276 g/mol. The number of rotatable bonds is 4. The van der Waals surface area contributed by atoms with E-state index in [4.69, 9.17) is 10.5 Å². The third-order valence-corrected chi connectivity index (χ3v) is 3.28. The summed E-state index contributed by atoms with van der Waals surface area (Å²) in [6.45, 7) is 0. The van der Waals surface area contributed by atoms with Gasteiger partial charge in [0.05, 0.1) is 6.04 Å². The normalized spacial score (nSPS) is 11.9. The fourth-order valence-electron chi connectivity index (χ4n) is 2.13. The van der Waals surface area contributed by atoms with E-state index in [1.165, 1.54) is 0 Å². The Kier molecular flexibility index (Phi) is 3.94. The van der Waals surface area contributed by atoms with Crippen LogP contribution in [0.25, 0.3) is 0 Å². The van der Waals surface area contributed by atoms with Crippen molar-refractivity contribution in [3.05, 3.63) is 90.3 Å².